The van der Waals surface area contributed by atoms with Crippen molar-refractivity contribution in [1.82, 2.24) is 24.3 Å². The first-order valence-corrected chi connectivity index (χ1v) is 6.01. The molecule has 0 saturated carbocycles. The summed E-state index contributed by atoms with van der Waals surface area (Å²) in [7, 11) is 0. The Kier molecular flexibility index (Phi) is 2.45. The lowest BCUT2D eigenvalue weighted by molar-refractivity contribution is 0.826. The monoisotopic (exact) mass is 246 g/mol. The molecule has 0 amide bonds. The number of nitrogens with one attached hydrogen (secondary N) is 1. The highest BCUT2D eigenvalue weighted by atomic mass is 32.1. The van der Waals surface area contributed by atoms with Crippen LogP contribution in [0.3, 0.4) is 0 Å². The van der Waals surface area contributed by atoms with Crippen LogP contribution in [0.4, 0.5) is 5.95 Å². The van der Waals surface area contributed by atoms with Crippen molar-refractivity contribution in [3.05, 3.63) is 36.1 Å². The molecule has 1 atom stereocenters. The van der Waals surface area contributed by atoms with Gasteiger partial charge in [-0.15, -0.1) is 11.3 Å². The highest BCUT2D eigenvalue weighted by Gasteiger charge is 2.11. The van der Waals surface area contributed by atoms with E-state index in [1.54, 1.807) is 11.3 Å². The molecule has 3 aromatic rings. The molecule has 7 heteroatoms. The van der Waals surface area contributed by atoms with Crippen LogP contribution in [0.25, 0.3) is 4.96 Å². The van der Waals surface area contributed by atoms with E-state index in [0.29, 0.717) is 5.95 Å². The zero-order valence-corrected chi connectivity index (χ0v) is 9.92. The van der Waals surface area contributed by atoms with Gasteiger partial charge in [0.15, 0.2) is 4.96 Å². The molecule has 0 radical (unpaired) electrons. The largest absolute Gasteiger partial charge is 0.346 e. The highest BCUT2D eigenvalue weighted by Crippen LogP contribution is 2.18. The van der Waals surface area contributed by atoms with E-state index < -0.39 is 0 Å². The summed E-state index contributed by atoms with van der Waals surface area (Å²) in [6, 6.07) is 0.0597. The molecule has 3 rings (SSSR count). The van der Waals surface area contributed by atoms with Crippen LogP contribution in [0, 0.1) is 0 Å². The molecule has 0 spiro atoms. The molecule has 17 heavy (non-hydrogen) atoms. The fourth-order valence-electron chi connectivity index (χ4n) is 1.54. The van der Waals surface area contributed by atoms with Crippen LogP contribution in [0.2, 0.25) is 0 Å². The van der Waals surface area contributed by atoms with Gasteiger partial charge in [-0.1, -0.05) is 0 Å². The SMILES string of the molecule is C[C@H](Nc1ncncn1)c1cn2ccsc2n1. The van der Waals surface area contributed by atoms with E-state index in [0.717, 1.165) is 10.7 Å². The zero-order valence-electron chi connectivity index (χ0n) is 9.11. The minimum Gasteiger partial charge on any atom is -0.346 e. The Labute approximate surface area is 101 Å². The summed E-state index contributed by atoms with van der Waals surface area (Å²) in [5, 5.41) is 5.19. The second-order valence-electron chi connectivity index (χ2n) is 3.59. The number of rotatable bonds is 3. The van der Waals surface area contributed by atoms with Crippen molar-refractivity contribution in [2.75, 3.05) is 5.32 Å². The van der Waals surface area contributed by atoms with E-state index in [1.165, 1.54) is 12.7 Å². The van der Waals surface area contributed by atoms with Gasteiger partial charge in [0.25, 0.3) is 0 Å². The van der Waals surface area contributed by atoms with Crippen molar-refractivity contribution >= 4 is 22.2 Å². The predicted octanol–water partition coefficient (Wildman–Crippen LogP) is 1.75. The van der Waals surface area contributed by atoms with Gasteiger partial charge >= 0.3 is 0 Å². The Morgan fingerprint density at radius 1 is 1.35 bits per heavy atom. The molecule has 0 fully saturated rings. The summed E-state index contributed by atoms with van der Waals surface area (Å²) in [5.41, 5.74) is 0.970. The molecule has 6 nitrogen and oxygen atoms in total. The molecule has 0 bridgehead atoms. The van der Waals surface area contributed by atoms with Gasteiger partial charge in [0.1, 0.15) is 12.7 Å². The van der Waals surface area contributed by atoms with Crippen LogP contribution in [-0.2, 0) is 0 Å². The fourth-order valence-corrected chi connectivity index (χ4v) is 2.24. The van der Waals surface area contributed by atoms with Gasteiger partial charge in [0.2, 0.25) is 5.95 Å². The molecule has 86 valence electrons. The molecule has 0 aliphatic rings. The summed E-state index contributed by atoms with van der Waals surface area (Å²) in [6.45, 7) is 2.02. The van der Waals surface area contributed by atoms with Gasteiger partial charge in [-0.2, -0.15) is 0 Å². The highest BCUT2D eigenvalue weighted by molar-refractivity contribution is 7.15. The summed E-state index contributed by atoms with van der Waals surface area (Å²) in [4.78, 5) is 17.3. The van der Waals surface area contributed by atoms with Gasteiger partial charge in [-0.05, 0) is 6.92 Å². The number of hydrogen-bond acceptors (Lipinski definition) is 6. The van der Waals surface area contributed by atoms with Crippen LogP contribution in [-0.4, -0.2) is 24.3 Å². The Hall–Kier alpha value is -2.02. The maximum atomic E-state index is 4.52. The minimum absolute atomic E-state index is 0.0597. The van der Waals surface area contributed by atoms with Crippen LogP contribution < -0.4 is 5.32 Å². The van der Waals surface area contributed by atoms with Crippen molar-refractivity contribution in [2.45, 2.75) is 13.0 Å². The summed E-state index contributed by atoms with van der Waals surface area (Å²) < 4.78 is 2.01. The van der Waals surface area contributed by atoms with E-state index in [4.69, 9.17) is 0 Å². The Balaban J connectivity index is 1.82. The molecule has 1 N–H and O–H groups in total. The fraction of sp³-hybridized carbons (Fsp3) is 0.200. The van der Waals surface area contributed by atoms with Crippen molar-refractivity contribution in [2.24, 2.45) is 0 Å². The summed E-state index contributed by atoms with van der Waals surface area (Å²) in [5.74, 6) is 0.559. The van der Waals surface area contributed by atoms with Gasteiger partial charge in [0, 0.05) is 17.8 Å². The average molecular weight is 246 g/mol. The van der Waals surface area contributed by atoms with Crippen LogP contribution in [0.5, 0.6) is 0 Å². The van der Waals surface area contributed by atoms with E-state index in [2.05, 4.69) is 25.3 Å². The third kappa shape index (κ3) is 1.96. The van der Waals surface area contributed by atoms with Gasteiger partial charge in [0.05, 0.1) is 11.7 Å². The maximum Gasteiger partial charge on any atom is 0.226 e. The first kappa shape index (κ1) is 10.2. The molecule has 0 aliphatic carbocycles. The molecular weight excluding hydrogens is 236 g/mol. The average Bonchev–Trinajstić information content (AvgIpc) is 2.90. The number of imidazole rings is 1. The van der Waals surface area contributed by atoms with Gasteiger partial charge in [-0.3, -0.25) is 4.40 Å². The first-order valence-electron chi connectivity index (χ1n) is 5.13. The number of nitrogens with zero attached hydrogens (tertiary/aromatic N) is 5. The van der Waals surface area contributed by atoms with Crippen LogP contribution in [0.1, 0.15) is 18.7 Å². The van der Waals surface area contributed by atoms with Crippen molar-refractivity contribution in [1.29, 1.82) is 0 Å². The topological polar surface area (TPSA) is 68.0 Å². The smallest absolute Gasteiger partial charge is 0.226 e. The second-order valence-corrected chi connectivity index (χ2v) is 4.46. The molecule has 0 aromatic carbocycles. The normalized spacial score (nSPS) is 12.8. The third-order valence-corrected chi connectivity index (χ3v) is 3.17. The number of thiazole rings is 1. The second kappa shape index (κ2) is 4.10. The number of fused-ring (bicyclic) bond motifs is 1. The quantitative estimate of drug-likeness (QED) is 0.762. The van der Waals surface area contributed by atoms with E-state index in [1.807, 2.05) is 29.1 Å². The first-order chi connectivity index (χ1) is 8.33. The van der Waals surface area contributed by atoms with E-state index in [-0.39, 0.29) is 6.04 Å². The molecule has 3 heterocycles. The van der Waals surface area contributed by atoms with Crippen molar-refractivity contribution < 1.29 is 0 Å². The van der Waals surface area contributed by atoms with Crippen molar-refractivity contribution in [3.8, 4) is 0 Å². The number of aromatic nitrogens is 5. The van der Waals surface area contributed by atoms with Crippen molar-refractivity contribution in [3.63, 3.8) is 0 Å². The Morgan fingerprint density at radius 2 is 2.18 bits per heavy atom. The molecular formula is C10H10N6S. The minimum atomic E-state index is 0.0597. The summed E-state index contributed by atoms with van der Waals surface area (Å²) >= 11 is 1.61. The molecule has 0 aliphatic heterocycles. The predicted molar refractivity (Wildman–Crippen MR) is 64.9 cm³/mol. The molecule has 0 unspecified atom stereocenters. The van der Waals surface area contributed by atoms with E-state index in [9.17, 15) is 0 Å². The maximum absolute atomic E-state index is 4.52. The van der Waals surface area contributed by atoms with E-state index >= 15 is 0 Å². The lowest BCUT2D eigenvalue weighted by Gasteiger charge is -2.09. The lowest BCUT2D eigenvalue weighted by Crippen LogP contribution is -2.09. The van der Waals surface area contributed by atoms with Crippen LogP contribution in [0.15, 0.2) is 30.4 Å². The Bertz CT molecular complexity index is 587. The van der Waals surface area contributed by atoms with Gasteiger partial charge in [-0.25, -0.2) is 19.9 Å². The lowest BCUT2D eigenvalue weighted by atomic mass is 10.2. The van der Waals surface area contributed by atoms with Gasteiger partial charge < -0.3 is 5.32 Å². The number of hydrogen-bond donors (Lipinski definition) is 1. The standard InChI is InChI=1S/C10H10N6S/c1-7(14-9-12-5-11-6-13-9)8-4-16-2-3-17-10(16)15-8/h2-7H,1H3,(H,11,12,13,14)/t7-/m0/s1. The molecule has 0 saturated heterocycles. The molecule has 3 aromatic heterocycles. The Morgan fingerprint density at radius 3 is 2.94 bits per heavy atom. The summed E-state index contributed by atoms with van der Waals surface area (Å²) in [6.07, 6.45) is 6.93. The third-order valence-electron chi connectivity index (χ3n) is 2.39. The van der Waals surface area contributed by atoms with Crippen LogP contribution >= 0.6 is 11.3 Å². The number of anilines is 1. The zero-order chi connectivity index (χ0) is 11.7.